The molecule has 0 spiro atoms. The Kier molecular flexibility index (Phi) is 5.42. The van der Waals surface area contributed by atoms with Crippen molar-refractivity contribution in [1.29, 1.82) is 0 Å². The van der Waals surface area contributed by atoms with Gasteiger partial charge in [0.25, 0.3) is 0 Å². The SMILES string of the molecule is CCCCOc1c(C(=O)OCc2ccccc2)ccc2c1C=CS2(=O)=O. The molecule has 0 radical (unpaired) electrons. The molecule has 6 heteroatoms. The molecule has 0 saturated heterocycles. The van der Waals surface area contributed by atoms with Crippen LogP contribution in [0.1, 0.15) is 41.3 Å². The van der Waals surface area contributed by atoms with Crippen molar-refractivity contribution in [2.75, 3.05) is 6.61 Å². The predicted molar refractivity (Wildman–Crippen MR) is 98.6 cm³/mol. The first kappa shape index (κ1) is 18.2. The molecule has 0 bridgehead atoms. The van der Waals surface area contributed by atoms with Gasteiger partial charge in [-0.2, -0.15) is 0 Å². The summed E-state index contributed by atoms with van der Waals surface area (Å²) in [4.78, 5) is 12.7. The van der Waals surface area contributed by atoms with Crippen LogP contribution in [0.5, 0.6) is 5.75 Å². The highest BCUT2D eigenvalue weighted by atomic mass is 32.2. The van der Waals surface area contributed by atoms with Gasteiger partial charge in [-0.15, -0.1) is 0 Å². The first-order valence-corrected chi connectivity index (χ1v) is 10.0. The second-order valence-corrected chi connectivity index (χ2v) is 7.77. The molecule has 136 valence electrons. The fourth-order valence-corrected chi connectivity index (χ4v) is 3.84. The van der Waals surface area contributed by atoms with Crippen molar-refractivity contribution in [3.63, 3.8) is 0 Å². The number of esters is 1. The second-order valence-electron chi connectivity index (χ2n) is 5.97. The van der Waals surface area contributed by atoms with E-state index in [1.165, 1.54) is 18.2 Å². The van der Waals surface area contributed by atoms with Gasteiger partial charge in [-0.1, -0.05) is 43.7 Å². The summed E-state index contributed by atoms with van der Waals surface area (Å²) in [5.41, 5.74) is 1.52. The first-order valence-electron chi connectivity index (χ1n) is 8.47. The van der Waals surface area contributed by atoms with Gasteiger partial charge in [0, 0.05) is 11.0 Å². The Morgan fingerprint density at radius 1 is 1.08 bits per heavy atom. The Morgan fingerprint density at radius 2 is 1.85 bits per heavy atom. The third-order valence-corrected chi connectivity index (χ3v) is 5.52. The molecule has 2 aromatic rings. The maximum atomic E-state index is 12.6. The van der Waals surface area contributed by atoms with Crippen molar-refractivity contribution in [2.45, 2.75) is 31.3 Å². The molecule has 0 saturated carbocycles. The number of ether oxygens (including phenoxy) is 2. The minimum Gasteiger partial charge on any atom is -0.492 e. The molecular weight excluding hydrogens is 352 g/mol. The van der Waals surface area contributed by atoms with Crippen LogP contribution in [0.25, 0.3) is 6.08 Å². The number of hydrogen-bond acceptors (Lipinski definition) is 5. The topological polar surface area (TPSA) is 69.7 Å². The number of carbonyl (C=O) groups is 1. The molecule has 0 amide bonds. The average molecular weight is 372 g/mol. The number of unbranched alkanes of at least 4 members (excludes halogenated alkanes) is 1. The molecule has 1 aliphatic heterocycles. The summed E-state index contributed by atoms with van der Waals surface area (Å²) in [6, 6.07) is 12.2. The molecule has 5 nitrogen and oxygen atoms in total. The van der Waals surface area contributed by atoms with E-state index in [0.717, 1.165) is 23.8 Å². The van der Waals surface area contributed by atoms with Crippen LogP contribution in [0.4, 0.5) is 0 Å². The third-order valence-electron chi connectivity index (χ3n) is 4.05. The largest absolute Gasteiger partial charge is 0.492 e. The monoisotopic (exact) mass is 372 g/mol. The van der Waals surface area contributed by atoms with E-state index in [-0.39, 0.29) is 22.8 Å². The van der Waals surface area contributed by atoms with Crippen LogP contribution in [0.2, 0.25) is 0 Å². The summed E-state index contributed by atoms with van der Waals surface area (Å²) < 4.78 is 35.3. The lowest BCUT2D eigenvalue weighted by molar-refractivity contribution is 0.0467. The zero-order valence-electron chi connectivity index (χ0n) is 14.5. The number of sulfone groups is 1. The highest BCUT2D eigenvalue weighted by molar-refractivity contribution is 7.94. The smallest absolute Gasteiger partial charge is 0.342 e. The second kappa shape index (κ2) is 7.74. The quantitative estimate of drug-likeness (QED) is 0.543. The lowest BCUT2D eigenvalue weighted by Crippen LogP contribution is -2.11. The summed E-state index contributed by atoms with van der Waals surface area (Å²) >= 11 is 0. The summed E-state index contributed by atoms with van der Waals surface area (Å²) in [6.45, 7) is 2.57. The maximum absolute atomic E-state index is 12.6. The van der Waals surface area contributed by atoms with Gasteiger partial charge in [-0.3, -0.25) is 0 Å². The van der Waals surface area contributed by atoms with Gasteiger partial charge in [0.2, 0.25) is 9.84 Å². The molecule has 0 fully saturated rings. The number of hydrogen-bond donors (Lipinski definition) is 0. The van der Waals surface area contributed by atoms with Gasteiger partial charge >= 0.3 is 5.97 Å². The van der Waals surface area contributed by atoms with Crippen LogP contribution in [0.3, 0.4) is 0 Å². The van der Waals surface area contributed by atoms with E-state index in [9.17, 15) is 13.2 Å². The van der Waals surface area contributed by atoms with Gasteiger partial charge in [0.15, 0.2) is 0 Å². The summed E-state index contributed by atoms with van der Waals surface area (Å²) in [5, 5.41) is 1.13. The molecule has 3 rings (SSSR count). The Morgan fingerprint density at radius 3 is 2.58 bits per heavy atom. The molecule has 26 heavy (non-hydrogen) atoms. The van der Waals surface area contributed by atoms with E-state index in [1.54, 1.807) is 0 Å². The van der Waals surface area contributed by atoms with Crippen LogP contribution >= 0.6 is 0 Å². The normalized spacial score (nSPS) is 14.0. The van der Waals surface area contributed by atoms with Crippen molar-refractivity contribution < 1.29 is 22.7 Å². The molecule has 1 aliphatic rings. The fourth-order valence-electron chi connectivity index (χ4n) is 2.65. The lowest BCUT2D eigenvalue weighted by Gasteiger charge is -2.14. The van der Waals surface area contributed by atoms with E-state index >= 15 is 0 Å². The van der Waals surface area contributed by atoms with Crippen LogP contribution in [-0.4, -0.2) is 21.0 Å². The van der Waals surface area contributed by atoms with Gasteiger partial charge in [0.05, 0.1) is 11.5 Å². The fraction of sp³-hybridized carbons (Fsp3) is 0.250. The number of rotatable bonds is 7. The number of fused-ring (bicyclic) bond motifs is 1. The Balaban J connectivity index is 1.88. The maximum Gasteiger partial charge on any atom is 0.342 e. The van der Waals surface area contributed by atoms with Crippen molar-refractivity contribution >= 4 is 21.9 Å². The first-order chi connectivity index (χ1) is 12.5. The van der Waals surface area contributed by atoms with Gasteiger partial charge in [-0.05, 0) is 30.2 Å². The molecule has 0 aromatic heterocycles. The van der Waals surface area contributed by atoms with Crippen LogP contribution < -0.4 is 4.74 Å². The molecule has 0 unspecified atom stereocenters. The number of carbonyl (C=O) groups excluding carboxylic acids is 1. The third kappa shape index (κ3) is 3.80. The van der Waals surface area contributed by atoms with Crippen molar-refractivity contribution in [1.82, 2.24) is 0 Å². The van der Waals surface area contributed by atoms with E-state index in [0.29, 0.717) is 12.2 Å². The van der Waals surface area contributed by atoms with E-state index < -0.39 is 15.8 Å². The average Bonchev–Trinajstić information content (AvgIpc) is 2.96. The van der Waals surface area contributed by atoms with Crippen molar-refractivity contribution in [2.24, 2.45) is 0 Å². The van der Waals surface area contributed by atoms with E-state index in [1.807, 2.05) is 37.3 Å². The van der Waals surface area contributed by atoms with Crippen LogP contribution in [0.15, 0.2) is 52.8 Å². The molecule has 0 N–H and O–H groups in total. The molecule has 2 aromatic carbocycles. The van der Waals surface area contributed by atoms with E-state index in [2.05, 4.69) is 0 Å². The molecule has 0 atom stereocenters. The summed E-state index contributed by atoms with van der Waals surface area (Å²) in [5.74, 6) is -0.271. The van der Waals surface area contributed by atoms with Crippen LogP contribution in [-0.2, 0) is 21.2 Å². The Labute approximate surface area is 153 Å². The highest BCUT2D eigenvalue weighted by Gasteiger charge is 2.28. The highest BCUT2D eigenvalue weighted by Crippen LogP contribution is 2.37. The predicted octanol–water partition coefficient (Wildman–Crippen LogP) is 3.98. The summed E-state index contributed by atoms with van der Waals surface area (Å²) in [6.07, 6.45) is 3.20. The van der Waals surface area contributed by atoms with Crippen molar-refractivity contribution in [3.8, 4) is 5.75 Å². The zero-order chi connectivity index (χ0) is 18.6. The van der Waals surface area contributed by atoms with E-state index in [4.69, 9.17) is 9.47 Å². The lowest BCUT2D eigenvalue weighted by atomic mass is 10.1. The standard InChI is InChI=1S/C20H20O5S/c1-2-3-12-24-19-16-11-13-26(22,23)18(16)10-9-17(19)20(21)25-14-15-7-5-4-6-8-15/h4-11,13H,2-3,12,14H2,1H3. The minimum atomic E-state index is -3.47. The molecule has 1 heterocycles. The Hall–Kier alpha value is -2.60. The molecular formula is C20H20O5S. The van der Waals surface area contributed by atoms with Gasteiger partial charge < -0.3 is 9.47 Å². The minimum absolute atomic E-state index is 0.138. The molecule has 0 aliphatic carbocycles. The zero-order valence-corrected chi connectivity index (χ0v) is 15.3. The van der Waals surface area contributed by atoms with Crippen LogP contribution in [0, 0.1) is 0 Å². The van der Waals surface area contributed by atoms with Crippen molar-refractivity contribution in [3.05, 3.63) is 64.6 Å². The Bertz CT molecular complexity index is 930. The summed E-state index contributed by atoms with van der Waals surface area (Å²) in [7, 11) is -3.47. The number of benzene rings is 2. The van der Waals surface area contributed by atoms with Gasteiger partial charge in [-0.25, -0.2) is 13.2 Å². The van der Waals surface area contributed by atoms with Gasteiger partial charge in [0.1, 0.15) is 17.9 Å².